The molecule has 1 aliphatic heterocycles. The van der Waals surface area contributed by atoms with Crippen LogP contribution in [0.15, 0.2) is 30.0 Å². The third-order valence-electron chi connectivity index (χ3n) is 2.99. The molecule has 1 aromatic carbocycles. The Bertz CT molecular complexity index is 649. The zero-order valence-electron chi connectivity index (χ0n) is 13.6. The lowest BCUT2D eigenvalue weighted by Crippen LogP contribution is -2.42. The molecule has 8 heteroatoms. The van der Waals surface area contributed by atoms with E-state index in [1.165, 1.54) is 39.2 Å². The highest BCUT2D eigenvalue weighted by atomic mass is 19.1. The van der Waals surface area contributed by atoms with E-state index in [1.54, 1.807) is 0 Å². The molecule has 0 radical (unpaired) electrons. The summed E-state index contributed by atoms with van der Waals surface area (Å²) < 4.78 is 34.0. The van der Waals surface area contributed by atoms with Crippen molar-refractivity contribution in [3.8, 4) is 5.75 Å². The van der Waals surface area contributed by atoms with E-state index >= 15 is 0 Å². The Balaban J connectivity index is 2.18. The Kier molecular flexibility index (Phi) is 5.40. The molecule has 1 aromatic rings. The molecule has 1 saturated heterocycles. The first-order chi connectivity index (χ1) is 11.3. The van der Waals surface area contributed by atoms with Gasteiger partial charge < -0.3 is 24.3 Å². The summed E-state index contributed by atoms with van der Waals surface area (Å²) >= 11 is 0. The van der Waals surface area contributed by atoms with Crippen LogP contribution in [-0.4, -0.2) is 38.0 Å². The summed E-state index contributed by atoms with van der Waals surface area (Å²) in [5.74, 6) is -3.63. The van der Waals surface area contributed by atoms with Crippen LogP contribution in [0, 0.1) is 5.82 Å². The molecule has 0 aromatic heterocycles. The monoisotopic (exact) mass is 339 g/mol. The summed E-state index contributed by atoms with van der Waals surface area (Å²) in [5.41, 5.74) is -0.0922. The van der Waals surface area contributed by atoms with E-state index in [-0.39, 0.29) is 30.2 Å². The lowest BCUT2D eigenvalue weighted by molar-refractivity contribution is -0.222. The van der Waals surface area contributed by atoms with E-state index in [4.69, 9.17) is 18.9 Å². The summed E-state index contributed by atoms with van der Waals surface area (Å²) in [5, 5.41) is 2.67. The van der Waals surface area contributed by atoms with Gasteiger partial charge in [-0.1, -0.05) is 6.07 Å². The fraction of sp³-hybridized carbons (Fsp3) is 0.375. The number of hydrogen-bond donors (Lipinski definition) is 1. The maximum absolute atomic E-state index is 13.9. The third kappa shape index (κ3) is 4.23. The van der Waals surface area contributed by atoms with Crippen molar-refractivity contribution in [2.24, 2.45) is 0 Å². The van der Waals surface area contributed by atoms with E-state index in [2.05, 4.69) is 5.32 Å². The molecule has 7 nitrogen and oxygen atoms in total. The largest absolute Gasteiger partial charge is 0.486 e. The number of nitrogens with one attached hydrogen (secondary N) is 1. The lowest BCUT2D eigenvalue weighted by atomic mass is 10.2. The molecule has 1 heterocycles. The molecule has 0 aliphatic carbocycles. The number of carbonyl (C=O) groups excluding carboxylic acids is 2. The summed E-state index contributed by atoms with van der Waals surface area (Å²) in [4.78, 5) is 23.7. The van der Waals surface area contributed by atoms with Crippen molar-refractivity contribution in [2.75, 3.05) is 25.6 Å². The van der Waals surface area contributed by atoms with Crippen molar-refractivity contribution in [1.29, 1.82) is 0 Å². The molecule has 130 valence electrons. The predicted molar refractivity (Wildman–Crippen MR) is 81.7 cm³/mol. The number of halogens is 1. The Morgan fingerprint density at radius 3 is 2.50 bits per heavy atom. The third-order valence-corrected chi connectivity index (χ3v) is 2.99. The Hall–Kier alpha value is -2.61. The zero-order chi connectivity index (χ0) is 17.7. The maximum Gasteiger partial charge on any atom is 0.350 e. The maximum atomic E-state index is 13.9. The second-order valence-electron chi connectivity index (χ2n) is 5.34. The van der Waals surface area contributed by atoms with Crippen LogP contribution in [0.5, 0.6) is 5.75 Å². The van der Waals surface area contributed by atoms with Gasteiger partial charge in [0.05, 0.1) is 12.3 Å². The molecule has 0 spiro atoms. The van der Waals surface area contributed by atoms with Gasteiger partial charge in [0, 0.05) is 27.2 Å². The van der Waals surface area contributed by atoms with Gasteiger partial charge in [-0.2, -0.15) is 0 Å². The molecule has 2 rings (SSSR count). The average Bonchev–Trinajstić information content (AvgIpc) is 2.47. The molecule has 0 unspecified atom stereocenters. The molecular formula is C16H18FNO6. The number of cyclic esters (lactones) is 2. The van der Waals surface area contributed by atoms with Crippen LogP contribution >= 0.6 is 0 Å². The van der Waals surface area contributed by atoms with Crippen molar-refractivity contribution in [1.82, 2.24) is 0 Å². The number of anilines is 1. The van der Waals surface area contributed by atoms with Gasteiger partial charge in [0.25, 0.3) is 5.79 Å². The van der Waals surface area contributed by atoms with Gasteiger partial charge in [0.1, 0.15) is 6.61 Å². The van der Waals surface area contributed by atoms with Crippen LogP contribution in [0.3, 0.4) is 0 Å². The SMILES string of the molecule is COCCOc1c(F)cccc1NC=C1C(=O)OC(C)(C)OC1=O. The number of rotatable bonds is 6. The fourth-order valence-electron chi connectivity index (χ4n) is 1.92. The molecule has 0 bridgehead atoms. The summed E-state index contributed by atoms with van der Waals surface area (Å²) in [6.07, 6.45) is 1.10. The number of carbonyl (C=O) groups is 2. The quantitative estimate of drug-likeness (QED) is 0.367. The van der Waals surface area contributed by atoms with Gasteiger partial charge in [-0.05, 0) is 12.1 Å². The molecule has 1 fully saturated rings. The number of ether oxygens (including phenoxy) is 4. The summed E-state index contributed by atoms with van der Waals surface area (Å²) in [6.45, 7) is 3.31. The highest BCUT2D eigenvalue weighted by Crippen LogP contribution is 2.29. The molecule has 0 saturated carbocycles. The van der Waals surface area contributed by atoms with Crippen molar-refractivity contribution >= 4 is 17.6 Å². The molecular weight excluding hydrogens is 321 g/mol. The number of esters is 2. The summed E-state index contributed by atoms with van der Waals surface area (Å²) in [7, 11) is 1.50. The second-order valence-corrected chi connectivity index (χ2v) is 5.34. The second kappa shape index (κ2) is 7.31. The van der Waals surface area contributed by atoms with Gasteiger partial charge in [0.2, 0.25) is 0 Å². The van der Waals surface area contributed by atoms with Crippen LogP contribution in [0.2, 0.25) is 0 Å². The normalized spacial score (nSPS) is 16.2. The highest BCUT2D eigenvalue weighted by molar-refractivity contribution is 6.15. The van der Waals surface area contributed by atoms with Crippen molar-refractivity contribution < 1.29 is 32.9 Å². The van der Waals surface area contributed by atoms with Crippen molar-refractivity contribution in [3.63, 3.8) is 0 Å². The minimum Gasteiger partial charge on any atom is -0.486 e. The van der Waals surface area contributed by atoms with E-state index in [9.17, 15) is 14.0 Å². The lowest BCUT2D eigenvalue weighted by Gasteiger charge is -2.29. The van der Waals surface area contributed by atoms with Crippen LogP contribution in [0.25, 0.3) is 0 Å². The van der Waals surface area contributed by atoms with E-state index in [0.717, 1.165) is 6.20 Å². The number of hydrogen-bond acceptors (Lipinski definition) is 7. The number of para-hydroxylation sites is 1. The first-order valence-corrected chi connectivity index (χ1v) is 7.17. The van der Waals surface area contributed by atoms with E-state index in [0.29, 0.717) is 0 Å². The van der Waals surface area contributed by atoms with Gasteiger partial charge in [0.15, 0.2) is 17.1 Å². The van der Waals surface area contributed by atoms with Crippen molar-refractivity contribution in [3.05, 3.63) is 35.8 Å². The Labute approximate surface area is 138 Å². The van der Waals surface area contributed by atoms with Crippen LogP contribution < -0.4 is 10.1 Å². The minimum absolute atomic E-state index is 0.0516. The standard InChI is InChI=1S/C16H18FNO6/c1-16(2)23-14(19)10(15(20)24-16)9-18-12-6-4-5-11(17)13(12)22-8-7-21-3/h4-6,9,18H,7-8H2,1-3H3. The molecule has 1 N–H and O–H groups in total. The van der Waals surface area contributed by atoms with Gasteiger partial charge in [-0.15, -0.1) is 0 Å². The number of benzene rings is 1. The zero-order valence-corrected chi connectivity index (χ0v) is 13.6. The van der Waals surface area contributed by atoms with Crippen molar-refractivity contribution in [2.45, 2.75) is 19.6 Å². The van der Waals surface area contributed by atoms with Crippen LogP contribution in [-0.2, 0) is 23.8 Å². The first-order valence-electron chi connectivity index (χ1n) is 7.17. The van der Waals surface area contributed by atoms with Crippen LogP contribution in [0.1, 0.15) is 13.8 Å². The van der Waals surface area contributed by atoms with Gasteiger partial charge in [-0.3, -0.25) is 0 Å². The average molecular weight is 339 g/mol. The van der Waals surface area contributed by atoms with E-state index < -0.39 is 23.5 Å². The number of methoxy groups -OCH3 is 1. The smallest absolute Gasteiger partial charge is 0.350 e. The Morgan fingerprint density at radius 2 is 1.88 bits per heavy atom. The van der Waals surface area contributed by atoms with E-state index in [1.807, 2.05) is 0 Å². The molecule has 0 amide bonds. The Morgan fingerprint density at radius 1 is 1.21 bits per heavy atom. The van der Waals surface area contributed by atoms with Gasteiger partial charge >= 0.3 is 11.9 Å². The van der Waals surface area contributed by atoms with Crippen LogP contribution in [0.4, 0.5) is 10.1 Å². The molecule has 24 heavy (non-hydrogen) atoms. The summed E-state index contributed by atoms with van der Waals surface area (Å²) in [6, 6.07) is 4.22. The van der Waals surface area contributed by atoms with Gasteiger partial charge in [-0.25, -0.2) is 14.0 Å². The molecule has 1 aliphatic rings. The first kappa shape index (κ1) is 17.7. The predicted octanol–water partition coefficient (Wildman–Crippen LogP) is 1.98. The fourth-order valence-corrected chi connectivity index (χ4v) is 1.92. The highest BCUT2D eigenvalue weighted by Gasteiger charge is 2.39. The molecule has 0 atom stereocenters. The topological polar surface area (TPSA) is 83.1 Å². The minimum atomic E-state index is -1.32.